The van der Waals surface area contributed by atoms with Crippen LogP contribution in [0.25, 0.3) is 0 Å². The van der Waals surface area contributed by atoms with Gasteiger partial charge in [-0.1, -0.05) is 0 Å². The molecule has 1 atom stereocenters. The number of nitrogens with two attached hydrogens (primary N) is 1. The molecule has 1 unspecified atom stereocenters. The number of rotatable bonds is 3. The van der Waals surface area contributed by atoms with Crippen LogP contribution in [0.15, 0.2) is 18.2 Å². The number of benzene rings is 1. The quantitative estimate of drug-likeness (QED) is 0.656. The first-order valence-corrected chi connectivity index (χ1v) is 6.08. The molecule has 0 spiro atoms. The third-order valence-corrected chi connectivity index (χ3v) is 3.32. The maximum atomic E-state index is 12.6. The summed E-state index contributed by atoms with van der Waals surface area (Å²) in [4.78, 5) is 12.0. The van der Waals surface area contributed by atoms with Crippen molar-refractivity contribution in [1.29, 1.82) is 0 Å². The van der Waals surface area contributed by atoms with E-state index in [0.29, 0.717) is 0 Å². The average Bonchev–Trinajstić information content (AvgIpc) is 2.80. The van der Waals surface area contributed by atoms with E-state index in [2.05, 4.69) is 5.32 Å². The third-order valence-electron chi connectivity index (χ3n) is 3.32. The second kappa shape index (κ2) is 5.21. The fraction of sp³-hybridized carbons (Fsp3) is 0.462. The lowest BCUT2D eigenvalue weighted by Crippen LogP contribution is -2.15. The molecule has 19 heavy (non-hydrogen) atoms. The lowest BCUT2D eigenvalue weighted by Gasteiger charge is -2.12. The zero-order valence-electron chi connectivity index (χ0n) is 10.3. The summed E-state index contributed by atoms with van der Waals surface area (Å²) in [7, 11) is 0. The van der Waals surface area contributed by atoms with Gasteiger partial charge in [0.05, 0.1) is 5.56 Å². The van der Waals surface area contributed by atoms with Crippen molar-refractivity contribution in [3.63, 3.8) is 0 Å². The topological polar surface area (TPSA) is 55.1 Å². The molecule has 0 bridgehead atoms. The smallest absolute Gasteiger partial charge is 0.398 e. The van der Waals surface area contributed by atoms with Crippen molar-refractivity contribution in [2.45, 2.75) is 19.0 Å². The van der Waals surface area contributed by atoms with E-state index in [0.717, 1.165) is 37.7 Å². The van der Waals surface area contributed by atoms with Gasteiger partial charge in [-0.15, -0.1) is 0 Å². The van der Waals surface area contributed by atoms with E-state index in [4.69, 9.17) is 5.73 Å². The number of nitrogens with one attached hydrogen (secondary N) is 1. The lowest BCUT2D eigenvalue weighted by atomic mass is 9.95. The molecule has 0 saturated carbocycles. The molecular weight excluding hydrogens is 257 g/mol. The van der Waals surface area contributed by atoms with Gasteiger partial charge in [0.2, 0.25) is 0 Å². The highest BCUT2D eigenvalue weighted by Gasteiger charge is 2.31. The highest BCUT2D eigenvalue weighted by Crippen LogP contribution is 2.32. The van der Waals surface area contributed by atoms with E-state index in [1.54, 1.807) is 0 Å². The lowest BCUT2D eigenvalue weighted by molar-refractivity contribution is -0.137. The van der Waals surface area contributed by atoms with Gasteiger partial charge in [-0.05, 0) is 43.6 Å². The first-order valence-electron chi connectivity index (χ1n) is 6.08. The van der Waals surface area contributed by atoms with Crippen LogP contribution >= 0.6 is 0 Å². The van der Waals surface area contributed by atoms with Gasteiger partial charge in [0.25, 0.3) is 0 Å². The van der Waals surface area contributed by atoms with Crippen molar-refractivity contribution in [2.24, 2.45) is 5.92 Å². The number of carbonyl (C=O) groups is 1. The molecule has 1 aliphatic rings. The number of Topliss-reactive ketones (excluding diaryl/α,β-unsaturated/α-hetero) is 1. The molecule has 6 heteroatoms. The fourth-order valence-electron chi connectivity index (χ4n) is 2.23. The van der Waals surface area contributed by atoms with Crippen LogP contribution in [0.1, 0.15) is 28.8 Å². The fourth-order valence-corrected chi connectivity index (χ4v) is 2.23. The van der Waals surface area contributed by atoms with E-state index in [9.17, 15) is 18.0 Å². The number of halogens is 3. The molecule has 1 saturated heterocycles. The van der Waals surface area contributed by atoms with E-state index in [1.807, 2.05) is 0 Å². The Morgan fingerprint density at radius 2 is 2.16 bits per heavy atom. The molecule has 1 heterocycles. The van der Waals surface area contributed by atoms with Crippen LogP contribution in [-0.2, 0) is 6.18 Å². The Kier molecular flexibility index (Phi) is 3.80. The van der Waals surface area contributed by atoms with Gasteiger partial charge >= 0.3 is 6.18 Å². The predicted octanol–water partition coefficient (Wildman–Crippen LogP) is 2.47. The van der Waals surface area contributed by atoms with Crippen LogP contribution < -0.4 is 11.1 Å². The molecule has 3 nitrogen and oxygen atoms in total. The van der Waals surface area contributed by atoms with E-state index in [-0.39, 0.29) is 29.4 Å². The Hall–Kier alpha value is -1.56. The number of nitrogen functional groups attached to an aromatic ring is 1. The maximum Gasteiger partial charge on any atom is 0.416 e. The first-order chi connectivity index (χ1) is 8.88. The molecule has 0 amide bonds. The largest absolute Gasteiger partial charge is 0.416 e. The average molecular weight is 272 g/mol. The minimum Gasteiger partial charge on any atom is -0.398 e. The number of carbonyl (C=O) groups excluding carboxylic acids is 1. The van der Waals surface area contributed by atoms with Gasteiger partial charge in [0.15, 0.2) is 5.78 Å². The zero-order valence-corrected chi connectivity index (χ0v) is 10.3. The van der Waals surface area contributed by atoms with Crippen LogP contribution in [0, 0.1) is 5.92 Å². The number of alkyl halides is 3. The third kappa shape index (κ3) is 3.26. The zero-order chi connectivity index (χ0) is 14.0. The van der Waals surface area contributed by atoms with Gasteiger partial charge in [-0.3, -0.25) is 4.79 Å². The molecular formula is C13H15F3N2O. The highest BCUT2D eigenvalue weighted by atomic mass is 19.4. The Morgan fingerprint density at radius 1 is 1.42 bits per heavy atom. The van der Waals surface area contributed by atoms with Crippen molar-refractivity contribution in [3.8, 4) is 0 Å². The van der Waals surface area contributed by atoms with Crippen molar-refractivity contribution < 1.29 is 18.0 Å². The summed E-state index contributed by atoms with van der Waals surface area (Å²) in [5.74, 6) is -0.140. The van der Waals surface area contributed by atoms with Crippen LogP contribution in [0.3, 0.4) is 0 Å². The molecule has 3 N–H and O–H groups in total. The minimum atomic E-state index is -4.46. The Labute approximate surface area is 109 Å². The Balaban J connectivity index is 2.20. The second-order valence-electron chi connectivity index (χ2n) is 4.79. The summed E-state index contributed by atoms with van der Waals surface area (Å²) in [6.07, 6.45) is -3.36. The summed E-state index contributed by atoms with van der Waals surface area (Å²) in [5.41, 5.74) is 4.84. The number of ketones is 1. The summed E-state index contributed by atoms with van der Waals surface area (Å²) in [6.45, 7) is 1.57. The van der Waals surface area contributed by atoms with E-state index >= 15 is 0 Å². The van der Waals surface area contributed by atoms with Gasteiger partial charge < -0.3 is 11.1 Å². The molecule has 0 aromatic heterocycles. The number of hydrogen-bond acceptors (Lipinski definition) is 3. The molecule has 0 radical (unpaired) electrons. The van der Waals surface area contributed by atoms with Gasteiger partial charge in [-0.2, -0.15) is 13.2 Å². The first kappa shape index (κ1) is 13.9. The predicted molar refractivity (Wildman–Crippen MR) is 65.8 cm³/mol. The van der Waals surface area contributed by atoms with Crippen LogP contribution in [0.2, 0.25) is 0 Å². The van der Waals surface area contributed by atoms with Crippen LogP contribution in [0.4, 0.5) is 18.9 Å². The SMILES string of the molecule is Nc1ccc(C(F)(F)F)cc1C(=O)CC1CCNC1. The van der Waals surface area contributed by atoms with Crippen LogP contribution in [-0.4, -0.2) is 18.9 Å². The summed E-state index contributed by atoms with van der Waals surface area (Å²) in [6, 6.07) is 2.88. The molecule has 0 aliphatic carbocycles. The van der Waals surface area contributed by atoms with Gasteiger partial charge in [-0.25, -0.2) is 0 Å². The van der Waals surface area contributed by atoms with Gasteiger partial charge in [0, 0.05) is 17.7 Å². The maximum absolute atomic E-state index is 12.6. The molecule has 1 fully saturated rings. The van der Waals surface area contributed by atoms with Crippen molar-refractivity contribution in [1.82, 2.24) is 5.32 Å². The monoisotopic (exact) mass is 272 g/mol. The summed E-state index contributed by atoms with van der Waals surface area (Å²) >= 11 is 0. The summed E-state index contributed by atoms with van der Waals surface area (Å²) < 4.78 is 37.8. The van der Waals surface area contributed by atoms with Gasteiger partial charge in [0.1, 0.15) is 0 Å². The molecule has 1 aromatic rings. The van der Waals surface area contributed by atoms with Crippen molar-refractivity contribution >= 4 is 11.5 Å². The number of hydrogen-bond donors (Lipinski definition) is 2. The Morgan fingerprint density at radius 3 is 2.74 bits per heavy atom. The van der Waals surface area contributed by atoms with E-state index in [1.165, 1.54) is 0 Å². The number of anilines is 1. The molecule has 104 valence electrons. The van der Waals surface area contributed by atoms with Crippen LogP contribution in [0.5, 0.6) is 0 Å². The minimum absolute atomic E-state index is 0.0262. The summed E-state index contributed by atoms with van der Waals surface area (Å²) in [5, 5.41) is 3.12. The molecule has 1 aliphatic heterocycles. The molecule has 2 rings (SSSR count). The normalized spacial score (nSPS) is 19.6. The van der Waals surface area contributed by atoms with E-state index < -0.39 is 11.7 Å². The molecule has 1 aromatic carbocycles. The second-order valence-corrected chi connectivity index (χ2v) is 4.79. The van der Waals surface area contributed by atoms with Crippen molar-refractivity contribution in [2.75, 3.05) is 18.8 Å². The Bertz CT molecular complexity index is 479. The van der Waals surface area contributed by atoms with Crippen molar-refractivity contribution in [3.05, 3.63) is 29.3 Å². The standard InChI is InChI=1S/C13H15F3N2O/c14-13(15,16)9-1-2-11(17)10(6-9)12(19)5-8-3-4-18-7-8/h1-2,6,8,18H,3-5,7,17H2. The highest BCUT2D eigenvalue weighted by molar-refractivity contribution is 6.01.